The quantitative estimate of drug-likeness (QED) is 0.887. The highest BCUT2D eigenvalue weighted by atomic mass is 19.4. The molecule has 5 nitrogen and oxygen atoms in total. The fraction of sp³-hybridized carbons (Fsp3) is 0.400. The first-order valence-corrected chi connectivity index (χ1v) is 7.08. The summed E-state index contributed by atoms with van der Waals surface area (Å²) in [7, 11) is 0. The van der Waals surface area contributed by atoms with Crippen LogP contribution in [-0.4, -0.2) is 21.1 Å². The lowest BCUT2D eigenvalue weighted by Gasteiger charge is -2.17. The molecule has 2 aromatic rings. The summed E-state index contributed by atoms with van der Waals surface area (Å²) in [5.41, 5.74) is -0.589. The number of carbonyl (C=O) groups excluding carboxylic acids is 1. The molecule has 0 bridgehead atoms. The molecule has 1 atom stereocenters. The third-order valence-electron chi connectivity index (χ3n) is 3.38. The summed E-state index contributed by atoms with van der Waals surface area (Å²) in [6, 6.07) is 5.31. The first-order valence-electron chi connectivity index (χ1n) is 7.08. The second-order valence-electron chi connectivity index (χ2n) is 5.30. The molecule has 0 fully saturated rings. The Morgan fingerprint density at radius 3 is 2.65 bits per heavy atom. The van der Waals surface area contributed by atoms with Gasteiger partial charge in [0.15, 0.2) is 5.82 Å². The molecular weight excluding hydrogens is 309 g/mol. The zero-order chi connectivity index (χ0) is 17.0. The van der Waals surface area contributed by atoms with Crippen LogP contribution in [0.3, 0.4) is 0 Å². The third-order valence-corrected chi connectivity index (χ3v) is 3.38. The van der Waals surface area contributed by atoms with Crippen LogP contribution in [0.15, 0.2) is 24.3 Å². The maximum absolute atomic E-state index is 13.0. The Bertz CT molecular complexity index is 681. The molecule has 23 heavy (non-hydrogen) atoms. The molecular formula is C15H17F3N4O. The maximum Gasteiger partial charge on any atom is 0.416 e. The minimum absolute atomic E-state index is 0.0451. The number of hydrogen-bond donors (Lipinski definition) is 2. The van der Waals surface area contributed by atoms with Gasteiger partial charge in [-0.3, -0.25) is 9.89 Å². The molecule has 8 heteroatoms. The standard InChI is InChI=1S/C15H17F3N4O/c1-9(11-5-3-4-6-12(11)15(16,17)18)7-14(23)19-8-13-20-10(2)21-22-13/h3-6,9H,7-8H2,1-2H3,(H,19,23)(H,20,21,22)/t9-/m1/s1. The van der Waals surface area contributed by atoms with Gasteiger partial charge in [0, 0.05) is 6.42 Å². The Labute approximate surface area is 131 Å². The van der Waals surface area contributed by atoms with Gasteiger partial charge in [-0.2, -0.15) is 18.3 Å². The molecule has 124 valence electrons. The summed E-state index contributed by atoms with van der Waals surface area (Å²) in [4.78, 5) is 15.9. The molecule has 2 N–H and O–H groups in total. The van der Waals surface area contributed by atoms with Crippen LogP contribution in [0.1, 0.15) is 42.0 Å². The molecule has 0 unspecified atom stereocenters. The zero-order valence-electron chi connectivity index (χ0n) is 12.7. The molecule has 1 aromatic heterocycles. The van der Waals surface area contributed by atoms with E-state index in [1.807, 2.05) is 0 Å². The van der Waals surface area contributed by atoms with Crippen LogP contribution in [0, 0.1) is 6.92 Å². The van der Waals surface area contributed by atoms with E-state index < -0.39 is 17.7 Å². The van der Waals surface area contributed by atoms with Crippen molar-refractivity contribution in [3.8, 4) is 0 Å². The van der Waals surface area contributed by atoms with E-state index in [1.165, 1.54) is 18.2 Å². The number of H-pyrrole nitrogens is 1. The minimum Gasteiger partial charge on any atom is -0.349 e. The van der Waals surface area contributed by atoms with Crippen LogP contribution in [-0.2, 0) is 17.5 Å². The summed E-state index contributed by atoms with van der Waals surface area (Å²) < 4.78 is 39.0. The Morgan fingerprint density at radius 1 is 1.35 bits per heavy atom. The number of benzene rings is 1. The molecule has 2 rings (SSSR count). The molecule has 1 amide bonds. The summed E-state index contributed by atoms with van der Waals surface area (Å²) in [6.45, 7) is 3.46. The number of halogens is 3. The highest BCUT2D eigenvalue weighted by Gasteiger charge is 2.34. The van der Waals surface area contributed by atoms with Crippen molar-refractivity contribution in [2.24, 2.45) is 0 Å². The highest BCUT2D eigenvalue weighted by molar-refractivity contribution is 5.76. The van der Waals surface area contributed by atoms with Gasteiger partial charge in [0.25, 0.3) is 0 Å². The van der Waals surface area contributed by atoms with Gasteiger partial charge in [-0.05, 0) is 24.5 Å². The number of alkyl halides is 3. The van der Waals surface area contributed by atoms with Crippen LogP contribution in [0.4, 0.5) is 13.2 Å². The number of aromatic amines is 1. The minimum atomic E-state index is -4.43. The monoisotopic (exact) mass is 326 g/mol. The molecule has 0 spiro atoms. The first kappa shape index (κ1) is 17.0. The third kappa shape index (κ3) is 4.54. The van der Waals surface area contributed by atoms with Gasteiger partial charge in [-0.25, -0.2) is 4.98 Å². The van der Waals surface area contributed by atoms with Crippen LogP contribution >= 0.6 is 0 Å². The highest BCUT2D eigenvalue weighted by Crippen LogP contribution is 2.35. The number of rotatable bonds is 5. The number of aryl methyl sites for hydroxylation is 1. The second-order valence-corrected chi connectivity index (χ2v) is 5.30. The molecule has 1 aromatic carbocycles. The topological polar surface area (TPSA) is 70.7 Å². The van der Waals surface area contributed by atoms with Gasteiger partial charge in [-0.1, -0.05) is 25.1 Å². The molecule has 0 saturated heterocycles. The lowest BCUT2D eigenvalue weighted by Crippen LogP contribution is -2.25. The van der Waals surface area contributed by atoms with E-state index in [1.54, 1.807) is 13.8 Å². The van der Waals surface area contributed by atoms with E-state index in [0.717, 1.165) is 6.07 Å². The van der Waals surface area contributed by atoms with Crippen molar-refractivity contribution in [1.82, 2.24) is 20.5 Å². The molecule has 0 saturated carbocycles. The summed E-state index contributed by atoms with van der Waals surface area (Å²) in [5.74, 6) is 0.152. The van der Waals surface area contributed by atoms with Crippen LogP contribution in [0.2, 0.25) is 0 Å². The average Bonchev–Trinajstić information content (AvgIpc) is 2.90. The van der Waals surface area contributed by atoms with Crippen LogP contribution < -0.4 is 5.32 Å². The van der Waals surface area contributed by atoms with Crippen molar-refractivity contribution in [2.45, 2.75) is 38.9 Å². The van der Waals surface area contributed by atoms with Gasteiger partial charge < -0.3 is 5.32 Å². The lowest BCUT2D eigenvalue weighted by molar-refractivity contribution is -0.138. The normalized spacial score (nSPS) is 12.9. The molecule has 0 aliphatic heterocycles. The number of carbonyl (C=O) groups is 1. The Morgan fingerprint density at radius 2 is 2.04 bits per heavy atom. The van der Waals surface area contributed by atoms with E-state index in [0.29, 0.717) is 11.6 Å². The van der Waals surface area contributed by atoms with Gasteiger partial charge >= 0.3 is 6.18 Å². The van der Waals surface area contributed by atoms with E-state index in [4.69, 9.17) is 0 Å². The molecule has 0 radical (unpaired) electrons. The van der Waals surface area contributed by atoms with Gasteiger partial charge in [0.05, 0.1) is 12.1 Å². The van der Waals surface area contributed by atoms with E-state index in [2.05, 4.69) is 20.5 Å². The van der Waals surface area contributed by atoms with Gasteiger partial charge in [0.1, 0.15) is 5.82 Å². The number of amides is 1. The number of nitrogens with one attached hydrogen (secondary N) is 2. The summed E-state index contributed by atoms with van der Waals surface area (Å²) in [5, 5.41) is 9.12. The number of nitrogens with zero attached hydrogens (tertiary/aromatic N) is 2. The van der Waals surface area contributed by atoms with E-state index in [-0.39, 0.29) is 24.4 Å². The van der Waals surface area contributed by atoms with E-state index in [9.17, 15) is 18.0 Å². The van der Waals surface area contributed by atoms with Crippen molar-refractivity contribution in [2.75, 3.05) is 0 Å². The predicted octanol–water partition coefficient (Wildman–Crippen LogP) is 2.94. The van der Waals surface area contributed by atoms with Crippen molar-refractivity contribution in [1.29, 1.82) is 0 Å². The van der Waals surface area contributed by atoms with Gasteiger partial charge in [0.2, 0.25) is 5.91 Å². The zero-order valence-corrected chi connectivity index (χ0v) is 12.7. The van der Waals surface area contributed by atoms with Crippen LogP contribution in [0.5, 0.6) is 0 Å². The van der Waals surface area contributed by atoms with E-state index >= 15 is 0 Å². The number of hydrogen-bond acceptors (Lipinski definition) is 3. The predicted molar refractivity (Wildman–Crippen MR) is 77.4 cm³/mol. The fourth-order valence-corrected chi connectivity index (χ4v) is 2.29. The average molecular weight is 326 g/mol. The summed E-state index contributed by atoms with van der Waals surface area (Å²) in [6.07, 6.45) is -4.48. The first-order chi connectivity index (χ1) is 10.8. The fourth-order valence-electron chi connectivity index (χ4n) is 2.29. The van der Waals surface area contributed by atoms with Crippen molar-refractivity contribution in [3.63, 3.8) is 0 Å². The Balaban J connectivity index is 1.99. The SMILES string of the molecule is Cc1nc(CNC(=O)C[C@@H](C)c2ccccc2C(F)(F)F)n[nH]1. The van der Waals surface area contributed by atoms with Gasteiger partial charge in [-0.15, -0.1) is 0 Å². The lowest BCUT2D eigenvalue weighted by atomic mass is 9.92. The second kappa shape index (κ2) is 6.80. The van der Waals surface area contributed by atoms with Crippen molar-refractivity contribution in [3.05, 3.63) is 47.0 Å². The maximum atomic E-state index is 13.0. The Hall–Kier alpha value is -2.38. The largest absolute Gasteiger partial charge is 0.416 e. The molecule has 0 aliphatic carbocycles. The number of aromatic nitrogens is 3. The summed E-state index contributed by atoms with van der Waals surface area (Å²) >= 11 is 0. The van der Waals surface area contributed by atoms with Crippen molar-refractivity contribution >= 4 is 5.91 Å². The Kier molecular flexibility index (Phi) is 5.02. The smallest absolute Gasteiger partial charge is 0.349 e. The molecule has 0 aliphatic rings. The van der Waals surface area contributed by atoms with Crippen LogP contribution in [0.25, 0.3) is 0 Å². The van der Waals surface area contributed by atoms with Crippen molar-refractivity contribution < 1.29 is 18.0 Å². The molecule has 1 heterocycles.